The highest BCUT2D eigenvalue weighted by atomic mass is 16.8. The third kappa shape index (κ3) is 15.2. The van der Waals surface area contributed by atoms with Crippen LogP contribution in [-0.2, 0) is 52.1 Å². The molecule has 0 spiro atoms. The Balaban J connectivity index is 1.15. The Hall–Kier alpha value is -10.6. The summed E-state index contributed by atoms with van der Waals surface area (Å²) in [5, 5.41) is 0. The van der Waals surface area contributed by atoms with E-state index in [9.17, 15) is 38.4 Å². The smallest absolute Gasteiger partial charge is 0.340 e. The molecule has 0 amide bonds. The van der Waals surface area contributed by atoms with E-state index in [-0.39, 0.29) is 44.5 Å². The maximum absolute atomic E-state index is 14.7. The molecule has 440 valence electrons. The summed E-state index contributed by atoms with van der Waals surface area (Å²) in [6, 6.07) is 61.6. The normalized spacial score (nSPS) is 21.3. The molecule has 19 heteroatoms. The van der Waals surface area contributed by atoms with Crippen molar-refractivity contribution in [1.29, 1.82) is 0 Å². The van der Waals surface area contributed by atoms with Gasteiger partial charge in [0.25, 0.3) is 0 Å². The van der Waals surface area contributed by atoms with Gasteiger partial charge in [0.2, 0.25) is 6.29 Å². The minimum absolute atomic E-state index is 0.00643. The molecule has 2 heterocycles. The van der Waals surface area contributed by atoms with Crippen LogP contribution in [0.1, 0.15) is 82.9 Å². The Morgan fingerprint density at radius 1 is 0.241 bits per heavy atom. The number of ether oxygens (including phenoxy) is 11. The second kappa shape index (κ2) is 28.8. The van der Waals surface area contributed by atoms with E-state index in [1.165, 1.54) is 97.1 Å². The number of rotatable bonds is 20. The molecule has 8 aromatic carbocycles. The Bertz CT molecular complexity index is 3620. The average molecular weight is 1180 g/mol. The van der Waals surface area contributed by atoms with Crippen LogP contribution in [-0.4, -0.2) is 122 Å². The fourth-order valence-corrected chi connectivity index (χ4v) is 9.42. The third-order valence-corrected chi connectivity index (χ3v) is 13.7. The van der Waals surface area contributed by atoms with Crippen molar-refractivity contribution < 1.29 is 90.5 Å². The number of carbonyl (C=O) groups excluding carboxylic acids is 8. The Labute approximate surface area is 498 Å². The standard InChI is InChI=1S/C68H54O19/c69-59(43-25-9-1-10-26-43)77-41-51-53(81-61(71)45-29-13-3-14-30-45)55(83-63(73)47-33-17-5-18-34-47)57(84-64(74)48-35-19-6-20-36-48)67(79-51)86-56-54(82-62(72)46-31-15-4-16-32-46)52(42-78-60(70)44-27-11-2-12-28-44)80-68(87-66(76)50-39-23-8-24-40-50)58(56)85-65(75)49-37-21-7-22-38-49/h1-40,51-58,67-68H,41-42H2/t51?,52?,53-,54-,55-,56-,57?,58?,67-,68?/m0/s1. The van der Waals surface area contributed by atoms with Gasteiger partial charge in [-0.15, -0.1) is 0 Å². The van der Waals surface area contributed by atoms with Gasteiger partial charge in [-0.2, -0.15) is 0 Å². The third-order valence-electron chi connectivity index (χ3n) is 13.7. The molecule has 10 rings (SSSR count). The van der Waals surface area contributed by atoms with E-state index in [1.807, 2.05) is 0 Å². The fourth-order valence-electron chi connectivity index (χ4n) is 9.42. The van der Waals surface area contributed by atoms with Gasteiger partial charge in [0, 0.05) is 0 Å². The number of benzene rings is 8. The minimum atomic E-state index is -2.17. The maximum Gasteiger partial charge on any atom is 0.340 e. The molecule has 0 radical (unpaired) electrons. The first-order valence-electron chi connectivity index (χ1n) is 27.4. The highest BCUT2D eigenvalue weighted by molar-refractivity contribution is 5.93. The highest BCUT2D eigenvalue weighted by Gasteiger charge is 2.59. The van der Waals surface area contributed by atoms with Crippen LogP contribution in [0.25, 0.3) is 0 Å². The summed E-state index contributed by atoms with van der Waals surface area (Å²) < 4.78 is 69.8. The van der Waals surface area contributed by atoms with Gasteiger partial charge in [-0.05, 0) is 97.1 Å². The molecular formula is C68H54O19. The molecule has 8 aromatic rings. The van der Waals surface area contributed by atoms with Crippen molar-refractivity contribution in [2.45, 2.75) is 61.4 Å². The van der Waals surface area contributed by atoms with E-state index in [0.29, 0.717) is 0 Å². The topological polar surface area (TPSA) is 238 Å². The lowest BCUT2D eigenvalue weighted by molar-refractivity contribution is -0.351. The Morgan fingerprint density at radius 2 is 0.460 bits per heavy atom. The van der Waals surface area contributed by atoms with E-state index >= 15 is 0 Å². The van der Waals surface area contributed by atoms with Gasteiger partial charge in [0.05, 0.1) is 44.5 Å². The number of hydrogen-bond acceptors (Lipinski definition) is 19. The average Bonchev–Trinajstić information content (AvgIpc) is 2.52. The van der Waals surface area contributed by atoms with E-state index in [0.717, 1.165) is 0 Å². The van der Waals surface area contributed by atoms with E-state index in [1.54, 1.807) is 146 Å². The van der Waals surface area contributed by atoms with Crippen molar-refractivity contribution in [3.8, 4) is 0 Å². The zero-order valence-electron chi connectivity index (χ0n) is 46.0. The lowest BCUT2D eigenvalue weighted by atomic mass is 9.95. The summed E-state index contributed by atoms with van der Waals surface area (Å²) in [6.45, 7) is -1.56. The zero-order valence-corrected chi connectivity index (χ0v) is 46.0. The molecule has 2 saturated heterocycles. The van der Waals surface area contributed by atoms with Crippen LogP contribution in [0.15, 0.2) is 243 Å². The van der Waals surface area contributed by atoms with E-state index in [2.05, 4.69) is 0 Å². The van der Waals surface area contributed by atoms with Crippen LogP contribution in [0.5, 0.6) is 0 Å². The summed E-state index contributed by atoms with van der Waals surface area (Å²) in [4.78, 5) is 115. The molecule has 0 aliphatic carbocycles. The molecule has 0 N–H and O–H groups in total. The molecular weight excluding hydrogens is 1120 g/mol. The van der Waals surface area contributed by atoms with Gasteiger partial charge in [0.15, 0.2) is 36.8 Å². The molecule has 2 fully saturated rings. The minimum Gasteiger partial charge on any atom is -0.459 e. The van der Waals surface area contributed by atoms with Crippen LogP contribution in [0.3, 0.4) is 0 Å². The summed E-state index contributed by atoms with van der Waals surface area (Å²) >= 11 is 0. The second-order valence-electron chi connectivity index (χ2n) is 19.6. The first-order chi connectivity index (χ1) is 42.5. The van der Waals surface area contributed by atoms with Crippen LogP contribution < -0.4 is 0 Å². The first-order valence-corrected chi connectivity index (χ1v) is 27.4. The predicted octanol–water partition coefficient (Wildman–Crippen LogP) is 9.52. The summed E-state index contributed by atoms with van der Waals surface area (Å²) in [5.41, 5.74) is 0.145. The Kier molecular flexibility index (Phi) is 19.7. The largest absolute Gasteiger partial charge is 0.459 e. The second-order valence-corrected chi connectivity index (χ2v) is 19.6. The molecule has 87 heavy (non-hydrogen) atoms. The van der Waals surface area contributed by atoms with Gasteiger partial charge < -0.3 is 52.1 Å². The molecule has 2 aliphatic heterocycles. The highest BCUT2D eigenvalue weighted by Crippen LogP contribution is 2.38. The predicted molar refractivity (Wildman–Crippen MR) is 306 cm³/mol. The first kappa shape index (κ1) is 59.6. The van der Waals surface area contributed by atoms with Gasteiger partial charge in [-0.3, -0.25) is 0 Å². The van der Waals surface area contributed by atoms with Crippen molar-refractivity contribution in [1.82, 2.24) is 0 Å². The van der Waals surface area contributed by atoms with Crippen LogP contribution >= 0.6 is 0 Å². The number of carbonyl (C=O) groups is 8. The van der Waals surface area contributed by atoms with Gasteiger partial charge in [-0.25, -0.2) is 38.4 Å². The number of esters is 8. The SMILES string of the molecule is O=C(OCC1OC(OC(=O)c2ccccc2)C(OC(=O)c2ccccc2)[C@@H](O[C@@H]2OC(COC(=O)c3ccccc3)[C@H](OC(=O)c3ccccc3)[C@H](OC(=O)c3ccccc3)C2OC(=O)c2ccccc2)[C@H]1OC(=O)c1ccccc1)c1ccccc1. The lowest BCUT2D eigenvalue weighted by Crippen LogP contribution is -2.67. The maximum atomic E-state index is 14.7. The van der Waals surface area contributed by atoms with Crippen LogP contribution in [0.2, 0.25) is 0 Å². The van der Waals surface area contributed by atoms with E-state index in [4.69, 9.17) is 52.1 Å². The summed E-state index contributed by atoms with van der Waals surface area (Å²) in [5.74, 6) is -7.91. The lowest BCUT2D eigenvalue weighted by Gasteiger charge is -2.48. The number of hydrogen-bond donors (Lipinski definition) is 0. The van der Waals surface area contributed by atoms with Crippen molar-refractivity contribution in [2.75, 3.05) is 13.2 Å². The van der Waals surface area contributed by atoms with E-state index < -0.39 is 122 Å². The van der Waals surface area contributed by atoms with Gasteiger partial charge >= 0.3 is 47.8 Å². The molecule has 19 nitrogen and oxygen atoms in total. The molecule has 5 unspecified atom stereocenters. The van der Waals surface area contributed by atoms with Crippen molar-refractivity contribution in [3.05, 3.63) is 287 Å². The zero-order chi connectivity index (χ0) is 60.5. The molecule has 0 aromatic heterocycles. The fraction of sp³-hybridized carbons (Fsp3) is 0.176. The van der Waals surface area contributed by atoms with Crippen molar-refractivity contribution in [3.63, 3.8) is 0 Å². The molecule has 10 atom stereocenters. The monoisotopic (exact) mass is 1170 g/mol. The van der Waals surface area contributed by atoms with Gasteiger partial charge in [0.1, 0.15) is 31.5 Å². The molecule has 0 saturated carbocycles. The van der Waals surface area contributed by atoms with Crippen molar-refractivity contribution in [2.24, 2.45) is 0 Å². The summed E-state index contributed by atoms with van der Waals surface area (Å²) in [7, 11) is 0. The van der Waals surface area contributed by atoms with Crippen molar-refractivity contribution >= 4 is 47.8 Å². The van der Waals surface area contributed by atoms with Crippen LogP contribution in [0.4, 0.5) is 0 Å². The molecule has 0 bridgehead atoms. The Morgan fingerprint density at radius 3 is 0.759 bits per heavy atom. The molecule has 2 aliphatic rings. The quantitative estimate of drug-likeness (QED) is 0.0510. The van der Waals surface area contributed by atoms with Gasteiger partial charge in [-0.1, -0.05) is 146 Å². The van der Waals surface area contributed by atoms with Crippen LogP contribution in [0, 0.1) is 0 Å². The summed E-state index contributed by atoms with van der Waals surface area (Å²) in [6.07, 6.45) is -19.6.